The molecule has 12 heteroatoms. The minimum absolute atomic E-state index is 0.0280. The molecule has 51 heavy (non-hydrogen) atoms. The summed E-state index contributed by atoms with van der Waals surface area (Å²) >= 11 is 1.49. The summed E-state index contributed by atoms with van der Waals surface area (Å²) in [5.41, 5.74) is 6.94. The zero-order valence-electron chi connectivity index (χ0n) is 27.7. The van der Waals surface area contributed by atoms with Crippen molar-refractivity contribution in [2.24, 2.45) is 5.92 Å². The first-order valence-electron chi connectivity index (χ1n) is 16.5. The molecule has 2 aromatic heterocycles. The highest BCUT2D eigenvalue weighted by molar-refractivity contribution is 7.99. The Hall–Kier alpha value is -5.40. The molecule has 6 aromatic rings. The van der Waals surface area contributed by atoms with Crippen LogP contribution in [-0.4, -0.2) is 53.2 Å². The van der Waals surface area contributed by atoms with E-state index in [2.05, 4.69) is 32.7 Å². The van der Waals surface area contributed by atoms with Gasteiger partial charge in [-0.3, -0.25) is 9.78 Å². The molecule has 4 atom stereocenters. The molecule has 11 nitrogen and oxygen atoms in total. The molecule has 0 unspecified atom stereocenters. The second-order valence-corrected chi connectivity index (χ2v) is 13.2. The van der Waals surface area contributed by atoms with Crippen molar-refractivity contribution in [1.82, 2.24) is 30.5 Å². The smallest absolute Gasteiger partial charge is 0.253 e. The number of amides is 1. The molecule has 7 rings (SSSR count). The molecule has 1 aliphatic rings. The Morgan fingerprint density at radius 3 is 2.41 bits per heavy atom. The van der Waals surface area contributed by atoms with E-state index in [1.807, 2.05) is 72.8 Å². The lowest BCUT2D eigenvalue weighted by molar-refractivity contribution is -0.268. The van der Waals surface area contributed by atoms with Crippen LogP contribution in [0.25, 0.3) is 16.8 Å². The Morgan fingerprint density at radius 1 is 0.902 bits per heavy atom. The van der Waals surface area contributed by atoms with Crippen molar-refractivity contribution in [3.05, 3.63) is 149 Å². The van der Waals surface area contributed by atoms with Crippen LogP contribution >= 0.6 is 11.8 Å². The number of pyridine rings is 1. The van der Waals surface area contributed by atoms with Crippen molar-refractivity contribution in [3.8, 4) is 22.6 Å². The molecule has 1 saturated heterocycles. The van der Waals surface area contributed by atoms with E-state index in [9.17, 15) is 15.0 Å². The number of nitrogens with zero attached hydrogens (tertiary/aromatic N) is 5. The Balaban J connectivity index is 1.11. The summed E-state index contributed by atoms with van der Waals surface area (Å²) in [6.45, 7) is 2.45. The molecule has 0 bridgehead atoms. The number of phenols is 1. The first-order chi connectivity index (χ1) is 25.0. The molecule has 0 radical (unpaired) electrons. The number of aliphatic hydroxyl groups excluding tert-OH is 1. The van der Waals surface area contributed by atoms with Crippen molar-refractivity contribution in [3.63, 3.8) is 0 Å². The normalized spacial score (nSPS) is 18.7. The average molecular weight is 701 g/mol. The van der Waals surface area contributed by atoms with E-state index in [1.54, 1.807) is 53.5 Å². The second-order valence-electron chi connectivity index (χ2n) is 12.2. The third-order valence-corrected chi connectivity index (χ3v) is 9.92. The summed E-state index contributed by atoms with van der Waals surface area (Å²) in [4.78, 5) is 16.7. The lowest BCUT2D eigenvalue weighted by Gasteiger charge is -2.41. The van der Waals surface area contributed by atoms with Crippen LogP contribution in [0.2, 0.25) is 0 Å². The van der Waals surface area contributed by atoms with Gasteiger partial charge in [0.15, 0.2) is 6.29 Å². The van der Waals surface area contributed by atoms with Crippen molar-refractivity contribution in [2.75, 3.05) is 5.75 Å². The van der Waals surface area contributed by atoms with Gasteiger partial charge >= 0.3 is 0 Å². The van der Waals surface area contributed by atoms with Crippen LogP contribution in [0.4, 0.5) is 0 Å². The molecular formula is C39H36N6O5S. The number of phenolic OH excluding ortho intramolecular Hbond substituents is 1. The fourth-order valence-electron chi connectivity index (χ4n) is 6.04. The summed E-state index contributed by atoms with van der Waals surface area (Å²) in [5.74, 6) is 0.511. The molecule has 4 aromatic carbocycles. The average Bonchev–Trinajstić information content (AvgIpc) is 3.66. The first kappa shape index (κ1) is 34.1. The number of tetrazole rings is 1. The SMILES string of the molecule is C[C@H]1[C@@H](CSc2nnnn2-c2ccc(O)cc2)O[C@@H](c2ccc(-c3ccccc3CNC(=O)c3cccnc3)cc2)O[C@H]1c1ccc(CO)cc1. The maximum atomic E-state index is 12.7. The summed E-state index contributed by atoms with van der Waals surface area (Å²) in [5, 5.41) is 35.2. The third-order valence-electron chi connectivity index (χ3n) is 8.91. The van der Waals surface area contributed by atoms with Crippen LogP contribution in [0.3, 0.4) is 0 Å². The van der Waals surface area contributed by atoms with Crippen LogP contribution in [0, 0.1) is 5.92 Å². The molecular weight excluding hydrogens is 665 g/mol. The molecule has 0 saturated carbocycles. The van der Waals surface area contributed by atoms with E-state index in [0.717, 1.165) is 39.1 Å². The standard InChI is InChI=1S/C39H36N6O5S/c1-25-35(24-51-39-42-43-44-45(39)32-16-18-33(47)19-17-32)49-38(50-36(25)28-10-8-26(23-46)9-11-28)29-14-12-27(13-15-29)34-7-3-2-5-30(34)22-41-37(48)31-6-4-20-40-21-31/h2-21,25,35-36,38,46-47H,22-24H2,1H3,(H,41,48)/t25-,35+,36+,38+/m0/s1. The fraction of sp³-hybridized carbons (Fsp3) is 0.205. The molecule has 3 N–H and O–H groups in total. The van der Waals surface area contributed by atoms with Gasteiger partial charge in [0.25, 0.3) is 5.91 Å². The number of hydrogen-bond donors (Lipinski definition) is 3. The molecule has 1 aliphatic heterocycles. The van der Waals surface area contributed by atoms with Gasteiger partial charge in [0, 0.05) is 36.2 Å². The van der Waals surface area contributed by atoms with Crippen molar-refractivity contribution in [1.29, 1.82) is 0 Å². The van der Waals surface area contributed by atoms with Gasteiger partial charge < -0.3 is 25.0 Å². The molecule has 258 valence electrons. The number of benzene rings is 4. The maximum Gasteiger partial charge on any atom is 0.253 e. The topological polar surface area (TPSA) is 145 Å². The molecule has 1 fully saturated rings. The lowest BCUT2D eigenvalue weighted by Crippen LogP contribution is -2.38. The van der Waals surface area contributed by atoms with Gasteiger partial charge in [-0.15, -0.1) is 5.10 Å². The highest BCUT2D eigenvalue weighted by atomic mass is 32.2. The molecule has 3 heterocycles. The highest BCUT2D eigenvalue weighted by Gasteiger charge is 2.38. The van der Waals surface area contributed by atoms with E-state index < -0.39 is 6.29 Å². The van der Waals surface area contributed by atoms with E-state index >= 15 is 0 Å². The number of thioether (sulfide) groups is 1. The number of ether oxygens (including phenoxy) is 2. The summed E-state index contributed by atoms with van der Waals surface area (Å²) < 4.78 is 15.0. The van der Waals surface area contributed by atoms with Crippen molar-refractivity contribution < 1.29 is 24.5 Å². The van der Waals surface area contributed by atoms with Crippen molar-refractivity contribution in [2.45, 2.75) is 43.7 Å². The summed E-state index contributed by atoms with van der Waals surface area (Å²) in [6.07, 6.45) is 2.03. The van der Waals surface area contributed by atoms with Crippen LogP contribution < -0.4 is 5.32 Å². The van der Waals surface area contributed by atoms with Crippen LogP contribution in [0.15, 0.2) is 127 Å². The number of aliphatic hydroxyl groups is 1. The third kappa shape index (κ3) is 7.84. The first-order valence-corrected chi connectivity index (χ1v) is 17.5. The lowest BCUT2D eigenvalue weighted by atomic mass is 9.91. The molecule has 1 amide bonds. The monoisotopic (exact) mass is 700 g/mol. The zero-order chi connectivity index (χ0) is 35.2. The number of aromatic hydroxyl groups is 1. The molecule has 0 aliphatic carbocycles. The number of carbonyl (C=O) groups is 1. The predicted molar refractivity (Wildman–Crippen MR) is 192 cm³/mol. The number of nitrogens with one attached hydrogen (secondary N) is 1. The van der Waals surface area contributed by atoms with Crippen LogP contribution in [0.5, 0.6) is 5.75 Å². The minimum atomic E-state index is -0.648. The van der Waals surface area contributed by atoms with Gasteiger partial charge in [-0.2, -0.15) is 4.68 Å². The zero-order valence-corrected chi connectivity index (χ0v) is 28.6. The number of rotatable bonds is 11. The number of carbonyl (C=O) groups excluding carboxylic acids is 1. The van der Waals surface area contributed by atoms with Crippen molar-refractivity contribution >= 4 is 17.7 Å². The van der Waals surface area contributed by atoms with E-state index in [1.165, 1.54) is 11.8 Å². The maximum absolute atomic E-state index is 12.7. The van der Waals surface area contributed by atoms with Gasteiger partial charge in [0.05, 0.1) is 30.1 Å². The minimum Gasteiger partial charge on any atom is -0.508 e. The Bertz CT molecular complexity index is 2060. The van der Waals surface area contributed by atoms with E-state index in [0.29, 0.717) is 23.0 Å². The van der Waals surface area contributed by atoms with Gasteiger partial charge in [-0.1, -0.05) is 91.5 Å². The Kier molecular flexibility index (Phi) is 10.5. The number of hydrogen-bond acceptors (Lipinski definition) is 10. The Labute approximate surface area is 299 Å². The van der Waals surface area contributed by atoms with Gasteiger partial charge in [0.1, 0.15) is 5.75 Å². The second kappa shape index (κ2) is 15.7. The summed E-state index contributed by atoms with van der Waals surface area (Å²) in [6, 6.07) is 34.1. The van der Waals surface area contributed by atoms with Gasteiger partial charge in [-0.25, -0.2) is 0 Å². The van der Waals surface area contributed by atoms with Gasteiger partial charge in [-0.05, 0) is 74.6 Å². The predicted octanol–water partition coefficient (Wildman–Crippen LogP) is 6.44. The van der Waals surface area contributed by atoms with Crippen LogP contribution in [-0.2, 0) is 22.6 Å². The Morgan fingerprint density at radius 2 is 1.67 bits per heavy atom. The highest BCUT2D eigenvalue weighted by Crippen LogP contribution is 2.43. The fourth-order valence-corrected chi connectivity index (χ4v) is 7.10. The largest absolute Gasteiger partial charge is 0.508 e. The number of aromatic nitrogens is 5. The van der Waals surface area contributed by atoms with E-state index in [4.69, 9.17) is 9.47 Å². The van der Waals surface area contributed by atoms with Gasteiger partial charge in [0.2, 0.25) is 5.16 Å². The molecule has 0 spiro atoms. The summed E-state index contributed by atoms with van der Waals surface area (Å²) in [7, 11) is 0. The van der Waals surface area contributed by atoms with E-state index in [-0.39, 0.29) is 36.4 Å². The quantitative estimate of drug-likeness (QED) is 0.129. The van der Waals surface area contributed by atoms with Crippen LogP contribution in [0.1, 0.15) is 51.9 Å².